The number of hydrogen-bond acceptors (Lipinski definition) is 8. The summed E-state index contributed by atoms with van der Waals surface area (Å²) in [6.07, 6.45) is 9.70. The molecule has 29 heavy (non-hydrogen) atoms. The number of carbonyl (C=O) groups is 4. The van der Waals surface area contributed by atoms with Crippen molar-refractivity contribution >= 4 is 23.9 Å². The molecule has 0 saturated heterocycles. The molecule has 158 valence electrons. The molecule has 1 aliphatic rings. The molecule has 0 radical (unpaired) electrons. The summed E-state index contributed by atoms with van der Waals surface area (Å²) in [4.78, 5) is 50.5. The van der Waals surface area contributed by atoms with Crippen LogP contribution in [0.1, 0.15) is 19.3 Å². The van der Waals surface area contributed by atoms with Crippen LogP contribution < -0.4 is 0 Å². The maximum absolute atomic E-state index is 12.7. The molecule has 0 aliphatic heterocycles. The number of methoxy groups -OCH3 is 4. The molecule has 8 heteroatoms. The summed E-state index contributed by atoms with van der Waals surface area (Å²) in [6, 6.07) is 0. The lowest BCUT2D eigenvalue weighted by Gasteiger charge is -2.35. The van der Waals surface area contributed by atoms with Crippen molar-refractivity contribution in [2.24, 2.45) is 22.7 Å². The first kappa shape index (κ1) is 24.0. The fourth-order valence-corrected chi connectivity index (χ4v) is 3.91. The number of esters is 4. The van der Waals surface area contributed by atoms with Gasteiger partial charge >= 0.3 is 23.9 Å². The highest BCUT2D eigenvalue weighted by atomic mass is 16.6. The summed E-state index contributed by atoms with van der Waals surface area (Å²) in [5, 5.41) is 0. The van der Waals surface area contributed by atoms with Crippen LogP contribution in [0.15, 0.2) is 24.8 Å². The first-order valence-electron chi connectivity index (χ1n) is 8.83. The van der Waals surface area contributed by atoms with Crippen LogP contribution in [0, 0.1) is 35.0 Å². The maximum Gasteiger partial charge on any atom is 0.324 e. The molecule has 1 rings (SSSR count). The molecular weight excluding hydrogens is 380 g/mol. The van der Waals surface area contributed by atoms with E-state index >= 15 is 0 Å². The first-order valence-corrected chi connectivity index (χ1v) is 8.83. The van der Waals surface area contributed by atoms with Gasteiger partial charge in [0.05, 0.1) is 28.4 Å². The summed E-state index contributed by atoms with van der Waals surface area (Å²) in [6.45, 7) is 3.62. The molecule has 0 heterocycles. The van der Waals surface area contributed by atoms with Gasteiger partial charge in [0.2, 0.25) is 0 Å². The quantitative estimate of drug-likeness (QED) is 0.186. The maximum atomic E-state index is 12.7. The van der Waals surface area contributed by atoms with Crippen molar-refractivity contribution in [3.63, 3.8) is 0 Å². The van der Waals surface area contributed by atoms with E-state index < -0.39 is 46.5 Å². The highest BCUT2D eigenvalue weighted by molar-refractivity contribution is 6.02. The van der Waals surface area contributed by atoms with Gasteiger partial charge in [0.15, 0.2) is 10.8 Å². The molecule has 0 unspecified atom stereocenters. The van der Waals surface area contributed by atoms with Gasteiger partial charge < -0.3 is 18.9 Å². The lowest BCUT2D eigenvalue weighted by Crippen LogP contribution is -2.49. The van der Waals surface area contributed by atoms with Crippen LogP contribution in [0.25, 0.3) is 0 Å². The van der Waals surface area contributed by atoms with Crippen LogP contribution in [0.4, 0.5) is 0 Å². The van der Waals surface area contributed by atoms with Gasteiger partial charge in [-0.05, 0) is 12.8 Å². The Labute approximate surface area is 170 Å². The fourth-order valence-electron chi connectivity index (χ4n) is 3.91. The lowest BCUT2D eigenvalue weighted by atomic mass is 9.67. The first-order chi connectivity index (χ1) is 13.8. The van der Waals surface area contributed by atoms with Crippen LogP contribution in [-0.2, 0) is 38.1 Å². The largest absolute Gasteiger partial charge is 0.468 e. The molecule has 8 nitrogen and oxygen atoms in total. The Morgan fingerprint density at radius 3 is 1.66 bits per heavy atom. The zero-order valence-corrected chi connectivity index (χ0v) is 17.1. The van der Waals surface area contributed by atoms with Crippen LogP contribution in [0.5, 0.6) is 0 Å². The van der Waals surface area contributed by atoms with Crippen LogP contribution in [-0.4, -0.2) is 52.3 Å². The summed E-state index contributed by atoms with van der Waals surface area (Å²) in [7, 11) is 4.59. The van der Waals surface area contributed by atoms with Gasteiger partial charge in [0.25, 0.3) is 0 Å². The minimum atomic E-state index is -1.81. The van der Waals surface area contributed by atoms with Crippen LogP contribution in [0.2, 0.25) is 0 Å². The van der Waals surface area contributed by atoms with Crippen molar-refractivity contribution < 1.29 is 38.1 Å². The minimum Gasteiger partial charge on any atom is -0.468 e. The normalized spacial score (nSPS) is 18.3. The van der Waals surface area contributed by atoms with E-state index in [0.717, 1.165) is 28.4 Å². The predicted octanol–water partition coefficient (Wildman–Crippen LogP) is 1.44. The van der Waals surface area contributed by atoms with Crippen LogP contribution >= 0.6 is 0 Å². The van der Waals surface area contributed by atoms with Crippen molar-refractivity contribution in [3.8, 4) is 12.3 Å². The second-order valence-corrected chi connectivity index (χ2v) is 6.62. The Kier molecular flexibility index (Phi) is 8.19. The molecule has 2 atom stereocenters. The van der Waals surface area contributed by atoms with E-state index in [2.05, 4.69) is 12.5 Å². The zero-order chi connectivity index (χ0) is 22.2. The Balaban J connectivity index is 3.51. The Hall–Kier alpha value is -3.08. The standard InChI is InChI=1S/C21H26O8/c1-7-11-20(16(22)26-3,17(23)27-4)14-9-10-15(13-14)21(12-8-2,18(24)28-5)19(25)29-6/h1,8-10,14-15H,2,11-13H2,3-6H3/t14-,15+/m0/s1. The van der Waals surface area contributed by atoms with E-state index in [0.29, 0.717) is 0 Å². The number of terminal acetylenes is 1. The smallest absolute Gasteiger partial charge is 0.324 e. The zero-order valence-electron chi connectivity index (χ0n) is 17.1. The van der Waals surface area contributed by atoms with E-state index in [1.807, 2.05) is 0 Å². The number of ether oxygens (including phenoxy) is 4. The molecule has 1 aliphatic carbocycles. The Morgan fingerprint density at radius 1 is 0.931 bits per heavy atom. The third kappa shape index (κ3) is 3.90. The molecule has 0 saturated carbocycles. The minimum absolute atomic E-state index is 0.0594. The van der Waals surface area contributed by atoms with Crippen molar-refractivity contribution in [3.05, 3.63) is 24.8 Å². The highest BCUT2D eigenvalue weighted by Gasteiger charge is 2.60. The van der Waals surface area contributed by atoms with Gasteiger partial charge in [-0.1, -0.05) is 18.2 Å². The Bertz CT molecular complexity index is 710. The molecule has 0 amide bonds. The average Bonchev–Trinajstić information content (AvgIpc) is 3.24. The van der Waals surface area contributed by atoms with E-state index in [-0.39, 0.29) is 19.3 Å². The molecule has 0 aromatic rings. The second kappa shape index (κ2) is 9.92. The van der Waals surface area contributed by atoms with E-state index in [4.69, 9.17) is 25.4 Å². The van der Waals surface area contributed by atoms with Crippen molar-refractivity contribution in [1.29, 1.82) is 0 Å². The summed E-state index contributed by atoms with van der Waals surface area (Å²) in [5.74, 6) is -2.52. The van der Waals surface area contributed by atoms with E-state index in [1.165, 1.54) is 6.08 Å². The van der Waals surface area contributed by atoms with Gasteiger partial charge in [-0.25, -0.2) is 0 Å². The van der Waals surface area contributed by atoms with Crippen molar-refractivity contribution in [2.75, 3.05) is 28.4 Å². The third-order valence-electron chi connectivity index (χ3n) is 5.40. The average molecular weight is 406 g/mol. The molecule has 0 aromatic heterocycles. The molecule has 0 fully saturated rings. The molecule has 0 aromatic carbocycles. The summed E-state index contributed by atoms with van der Waals surface area (Å²) < 4.78 is 19.4. The van der Waals surface area contributed by atoms with Gasteiger partial charge in [0, 0.05) is 18.3 Å². The highest BCUT2D eigenvalue weighted by Crippen LogP contribution is 2.49. The van der Waals surface area contributed by atoms with E-state index in [1.54, 1.807) is 12.2 Å². The van der Waals surface area contributed by atoms with Crippen molar-refractivity contribution in [1.82, 2.24) is 0 Å². The number of rotatable bonds is 9. The molecule has 0 N–H and O–H groups in total. The van der Waals surface area contributed by atoms with Crippen LogP contribution in [0.3, 0.4) is 0 Å². The molecule has 0 bridgehead atoms. The SMILES string of the molecule is C#CCC(C(=O)OC)(C(=O)OC)[C@H]1C=C[C@@H](C(CC=C)(C(=O)OC)C(=O)OC)C1. The summed E-state index contributed by atoms with van der Waals surface area (Å²) >= 11 is 0. The van der Waals surface area contributed by atoms with Gasteiger partial charge in [-0.3, -0.25) is 19.2 Å². The fraction of sp³-hybridized carbons (Fsp3) is 0.524. The number of carbonyl (C=O) groups excluding carboxylic acids is 4. The van der Waals surface area contributed by atoms with Gasteiger partial charge in [0.1, 0.15) is 0 Å². The lowest BCUT2D eigenvalue weighted by molar-refractivity contribution is -0.173. The molecular formula is C21H26O8. The van der Waals surface area contributed by atoms with Crippen molar-refractivity contribution in [2.45, 2.75) is 19.3 Å². The van der Waals surface area contributed by atoms with E-state index in [9.17, 15) is 19.2 Å². The monoisotopic (exact) mass is 406 g/mol. The van der Waals surface area contributed by atoms with Gasteiger partial charge in [-0.2, -0.15) is 0 Å². The molecule has 0 spiro atoms. The topological polar surface area (TPSA) is 105 Å². The number of hydrogen-bond donors (Lipinski definition) is 0. The predicted molar refractivity (Wildman–Crippen MR) is 102 cm³/mol. The number of allylic oxidation sites excluding steroid dienone is 3. The summed E-state index contributed by atoms with van der Waals surface area (Å²) in [5.41, 5.74) is -3.53. The van der Waals surface area contributed by atoms with Gasteiger partial charge in [-0.15, -0.1) is 18.9 Å². The second-order valence-electron chi connectivity index (χ2n) is 6.62. The third-order valence-corrected chi connectivity index (χ3v) is 5.40. The Morgan fingerprint density at radius 2 is 1.31 bits per heavy atom.